The van der Waals surface area contributed by atoms with Crippen molar-refractivity contribution in [3.05, 3.63) is 34.5 Å². The van der Waals surface area contributed by atoms with Gasteiger partial charge in [-0.3, -0.25) is 0 Å². The van der Waals surface area contributed by atoms with E-state index in [1.165, 1.54) is 6.07 Å². The zero-order chi connectivity index (χ0) is 10.1. The van der Waals surface area contributed by atoms with Gasteiger partial charge in [0.05, 0.1) is 0 Å². The van der Waals surface area contributed by atoms with E-state index in [9.17, 15) is 4.39 Å². The second kappa shape index (κ2) is 3.67. The molecule has 1 aromatic carbocycles. The Bertz CT molecular complexity index is 462. The van der Waals surface area contributed by atoms with Crippen LogP contribution >= 0.6 is 11.3 Å². The van der Waals surface area contributed by atoms with Crippen LogP contribution in [0.15, 0.2) is 17.5 Å². The molecule has 0 unspecified atom stereocenters. The molecule has 0 saturated carbocycles. The topological polar surface area (TPSA) is 26.0 Å². The Hall–Kier alpha value is -0.930. The molecular weight excluding hydrogens is 197 g/mol. The molecule has 0 bridgehead atoms. The molecule has 0 spiro atoms. The van der Waals surface area contributed by atoms with Gasteiger partial charge in [0, 0.05) is 10.1 Å². The summed E-state index contributed by atoms with van der Waals surface area (Å²) < 4.78 is 14.6. The maximum atomic E-state index is 13.5. The molecule has 0 fully saturated rings. The first-order valence-electron chi connectivity index (χ1n) is 4.59. The van der Waals surface area contributed by atoms with Gasteiger partial charge in [-0.2, -0.15) is 0 Å². The number of hydrogen-bond acceptors (Lipinski definition) is 2. The first-order valence-corrected chi connectivity index (χ1v) is 5.47. The van der Waals surface area contributed by atoms with E-state index in [2.05, 4.69) is 0 Å². The maximum Gasteiger partial charge on any atom is 0.132 e. The summed E-state index contributed by atoms with van der Waals surface area (Å²) in [6.45, 7) is 2.57. The molecular formula is C11H12FNS. The lowest BCUT2D eigenvalue weighted by atomic mass is 10.1. The lowest BCUT2D eigenvalue weighted by Gasteiger charge is -2.00. The van der Waals surface area contributed by atoms with Crippen LogP contribution in [0.4, 0.5) is 4.39 Å². The molecule has 2 rings (SSSR count). The third-order valence-electron chi connectivity index (χ3n) is 2.36. The van der Waals surface area contributed by atoms with Gasteiger partial charge in [0.15, 0.2) is 0 Å². The monoisotopic (exact) mass is 209 g/mol. The molecule has 0 radical (unpaired) electrons. The number of rotatable bonds is 2. The van der Waals surface area contributed by atoms with E-state index in [0.717, 1.165) is 27.6 Å². The highest BCUT2D eigenvalue weighted by molar-refractivity contribution is 7.17. The SMILES string of the molecule is Cc1ccc(F)c2c(CCN)csc12. The van der Waals surface area contributed by atoms with E-state index in [1.807, 2.05) is 18.4 Å². The van der Waals surface area contributed by atoms with Gasteiger partial charge in [-0.15, -0.1) is 11.3 Å². The number of halogens is 1. The summed E-state index contributed by atoms with van der Waals surface area (Å²) in [4.78, 5) is 0. The van der Waals surface area contributed by atoms with Crippen LogP contribution in [0.5, 0.6) is 0 Å². The lowest BCUT2D eigenvalue weighted by Crippen LogP contribution is -2.02. The molecule has 1 heterocycles. The molecule has 0 aliphatic rings. The predicted octanol–water partition coefficient (Wildman–Crippen LogP) is 2.85. The molecule has 2 N–H and O–H groups in total. The smallest absolute Gasteiger partial charge is 0.132 e. The molecule has 2 aromatic rings. The maximum absolute atomic E-state index is 13.5. The van der Waals surface area contributed by atoms with E-state index in [1.54, 1.807) is 11.3 Å². The second-order valence-electron chi connectivity index (χ2n) is 3.37. The van der Waals surface area contributed by atoms with Crippen molar-refractivity contribution in [1.29, 1.82) is 0 Å². The van der Waals surface area contributed by atoms with E-state index in [4.69, 9.17) is 5.73 Å². The minimum atomic E-state index is -0.129. The van der Waals surface area contributed by atoms with Crippen molar-refractivity contribution in [3.63, 3.8) is 0 Å². The fourth-order valence-electron chi connectivity index (χ4n) is 1.64. The van der Waals surface area contributed by atoms with Crippen LogP contribution in [-0.2, 0) is 6.42 Å². The summed E-state index contributed by atoms with van der Waals surface area (Å²) in [6, 6.07) is 3.35. The Morgan fingerprint density at radius 1 is 1.43 bits per heavy atom. The molecule has 0 aliphatic carbocycles. The zero-order valence-corrected chi connectivity index (χ0v) is 8.83. The largest absolute Gasteiger partial charge is 0.330 e. The third kappa shape index (κ3) is 1.42. The van der Waals surface area contributed by atoms with Crippen molar-refractivity contribution in [2.45, 2.75) is 13.3 Å². The molecule has 1 nitrogen and oxygen atoms in total. The highest BCUT2D eigenvalue weighted by Gasteiger charge is 2.09. The van der Waals surface area contributed by atoms with Gasteiger partial charge < -0.3 is 5.73 Å². The Morgan fingerprint density at radius 3 is 2.93 bits per heavy atom. The van der Waals surface area contributed by atoms with Crippen LogP contribution in [0.3, 0.4) is 0 Å². The first-order chi connectivity index (χ1) is 6.74. The normalized spacial score (nSPS) is 11.1. The fourth-order valence-corrected chi connectivity index (χ4v) is 2.74. The highest BCUT2D eigenvalue weighted by Crippen LogP contribution is 2.31. The number of hydrogen-bond donors (Lipinski definition) is 1. The van der Waals surface area contributed by atoms with Gasteiger partial charge in [-0.25, -0.2) is 4.39 Å². The molecule has 1 aromatic heterocycles. The van der Waals surface area contributed by atoms with E-state index < -0.39 is 0 Å². The molecule has 0 amide bonds. The number of thiophene rings is 1. The molecule has 0 aliphatic heterocycles. The highest BCUT2D eigenvalue weighted by atomic mass is 32.1. The van der Waals surface area contributed by atoms with Gasteiger partial charge >= 0.3 is 0 Å². The van der Waals surface area contributed by atoms with Crippen molar-refractivity contribution >= 4 is 21.4 Å². The van der Waals surface area contributed by atoms with Gasteiger partial charge in [-0.05, 0) is 42.5 Å². The number of benzene rings is 1. The summed E-state index contributed by atoms with van der Waals surface area (Å²) in [6.07, 6.45) is 0.750. The van der Waals surface area contributed by atoms with E-state index >= 15 is 0 Å². The molecule has 14 heavy (non-hydrogen) atoms. The lowest BCUT2D eigenvalue weighted by molar-refractivity contribution is 0.639. The van der Waals surface area contributed by atoms with Crippen molar-refractivity contribution < 1.29 is 4.39 Å². The summed E-state index contributed by atoms with van der Waals surface area (Å²) in [5.74, 6) is -0.129. The van der Waals surface area contributed by atoms with Crippen molar-refractivity contribution in [1.82, 2.24) is 0 Å². The van der Waals surface area contributed by atoms with Crippen LogP contribution in [0, 0.1) is 12.7 Å². The van der Waals surface area contributed by atoms with E-state index in [0.29, 0.717) is 6.54 Å². The summed E-state index contributed by atoms with van der Waals surface area (Å²) >= 11 is 1.60. The van der Waals surface area contributed by atoms with E-state index in [-0.39, 0.29) is 5.82 Å². The second-order valence-corrected chi connectivity index (χ2v) is 4.25. The van der Waals surface area contributed by atoms with Crippen molar-refractivity contribution in [2.75, 3.05) is 6.54 Å². The molecule has 0 atom stereocenters. The van der Waals surface area contributed by atoms with Gasteiger partial charge in [0.2, 0.25) is 0 Å². The Kier molecular flexibility index (Phi) is 2.52. The standard InChI is InChI=1S/C11H12FNS/c1-7-2-3-9(12)10-8(4-5-13)6-14-11(7)10/h2-3,6H,4-5,13H2,1H3. The predicted molar refractivity (Wildman–Crippen MR) is 59.3 cm³/mol. The molecule has 3 heteroatoms. The molecule has 74 valence electrons. The van der Waals surface area contributed by atoms with Gasteiger partial charge in [-0.1, -0.05) is 6.07 Å². The zero-order valence-electron chi connectivity index (χ0n) is 8.01. The van der Waals surface area contributed by atoms with Crippen LogP contribution in [0.2, 0.25) is 0 Å². The van der Waals surface area contributed by atoms with Crippen LogP contribution in [-0.4, -0.2) is 6.54 Å². The van der Waals surface area contributed by atoms with Gasteiger partial charge in [0.1, 0.15) is 5.82 Å². The van der Waals surface area contributed by atoms with Crippen molar-refractivity contribution in [2.24, 2.45) is 5.73 Å². The number of fused-ring (bicyclic) bond motifs is 1. The third-order valence-corrected chi connectivity index (χ3v) is 3.52. The number of aryl methyl sites for hydroxylation is 1. The van der Waals surface area contributed by atoms with Crippen LogP contribution in [0.1, 0.15) is 11.1 Å². The Labute approximate surface area is 86.4 Å². The Morgan fingerprint density at radius 2 is 2.21 bits per heavy atom. The average molecular weight is 209 g/mol. The summed E-state index contributed by atoms with van der Waals surface area (Å²) in [5, 5.41) is 2.77. The minimum absolute atomic E-state index is 0.129. The first kappa shape index (κ1) is 9.62. The fraction of sp³-hybridized carbons (Fsp3) is 0.273. The molecule has 0 saturated heterocycles. The quantitative estimate of drug-likeness (QED) is 0.808. The minimum Gasteiger partial charge on any atom is -0.330 e. The van der Waals surface area contributed by atoms with Gasteiger partial charge in [0.25, 0.3) is 0 Å². The van der Waals surface area contributed by atoms with Crippen LogP contribution in [0.25, 0.3) is 10.1 Å². The average Bonchev–Trinajstić information content (AvgIpc) is 2.58. The van der Waals surface area contributed by atoms with Crippen LogP contribution < -0.4 is 5.73 Å². The number of nitrogens with two attached hydrogens (primary N) is 1. The Balaban J connectivity index is 2.70. The summed E-state index contributed by atoms with van der Waals surface area (Å²) in [7, 11) is 0. The summed E-state index contributed by atoms with van der Waals surface area (Å²) in [5.41, 5.74) is 7.65. The van der Waals surface area contributed by atoms with Crippen molar-refractivity contribution in [3.8, 4) is 0 Å².